The van der Waals surface area contributed by atoms with Crippen LogP contribution in [0.5, 0.6) is 0 Å². The van der Waals surface area contributed by atoms with Crippen molar-refractivity contribution < 1.29 is 29.1 Å². The average Bonchev–Trinajstić information content (AvgIpc) is 3.55. The molecular weight excluding hydrogens is 454 g/mol. The number of rotatable bonds is 10. The summed E-state index contributed by atoms with van der Waals surface area (Å²) in [5.74, 6) is -2.89. The molecule has 11 heteroatoms. The minimum atomic E-state index is -1.16. The molecule has 4 atom stereocenters. The van der Waals surface area contributed by atoms with E-state index in [2.05, 4.69) is 21.3 Å². The van der Waals surface area contributed by atoms with Gasteiger partial charge in [0.1, 0.15) is 18.1 Å². The number of carboxylic acids is 1. The van der Waals surface area contributed by atoms with Crippen molar-refractivity contribution >= 4 is 29.6 Å². The maximum atomic E-state index is 12.8. The number of likely N-dealkylation sites (tertiary alicyclic amines) is 1. The molecule has 1 aromatic rings. The van der Waals surface area contributed by atoms with Crippen LogP contribution in [0.3, 0.4) is 0 Å². The van der Waals surface area contributed by atoms with Gasteiger partial charge in [0.2, 0.25) is 23.6 Å². The van der Waals surface area contributed by atoms with E-state index in [1.165, 1.54) is 11.8 Å². The minimum Gasteiger partial charge on any atom is -0.480 e. The van der Waals surface area contributed by atoms with E-state index in [0.717, 1.165) is 18.5 Å². The van der Waals surface area contributed by atoms with Crippen LogP contribution in [0.25, 0.3) is 0 Å². The van der Waals surface area contributed by atoms with Gasteiger partial charge in [-0.05, 0) is 44.7 Å². The largest absolute Gasteiger partial charge is 0.480 e. The molecule has 5 N–H and O–H groups in total. The molecule has 0 saturated carbocycles. The third-order valence-electron chi connectivity index (χ3n) is 6.32. The van der Waals surface area contributed by atoms with Crippen LogP contribution < -0.4 is 21.3 Å². The van der Waals surface area contributed by atoms with Crippen molar-refractivity contribution in [1.29, 1.82) is 0 Å². The summed E-state index contributed by atoms with van der Waals surface area (Å²) >= 11 is 0. The highest BCUT2D eigenvalue weighted by molar-refractivity contribution is 5.94. The lowest BCUT2D eigenvalue weighted by atomic mass is 10.1. The summed E-state index contributed by atoms with van der Waals surface area (Å²) in [6.45, 7) is 2.31. The molecular formula is C24H33N5O6. The molecule has 1 aromatic carbocycles. The van der Waals surface area contributed by atoms with Gasteiger partial charge in [0, 0.05) is 13.0 Å². The molecule has 4 amide bonds. The van der Waals surface area contributed by atoms with Gasteiger partial charge in [0.05, 0.1) is 12.6 Å². The summed E-state index contributed by atoms with van der Waals surface area (Å²) in [5, 5.41) is 20.3. The molecule has 0 unspecified atom stereocenters. The van der Waals surface area contributed by atoms with Crippen LogP contribution in [-0.4, -0.2) is 83.4 Å². The first-order valence-corrected chi connectivity index (χ1v) is 11.9. The van der Waals surface area contributed by atoms with Crippen molar-refractivity contribution in [3.05, 3.63) is 35.9 Å². The highest BCUT2D eigenvalue weighted by Crippen LogP contribution is 2.18. The molecule has 2 aliphatic rings. The second-order valence-electron chi connectivity index (χ2n) is 8.93. The van der Waals surface area contributed by atoms with E-state index >= 15 is 0 Å². The van der Waals surface area contributed by atoms with Crippen LogP contribution >= 0.6 is 0 Å². The van der Waals surface area contributed by atoms with Gasteiger partial charge in [-0.1, -0.05) is 30.3 Å². The lowest BCUT2D eigenvalue weighted by Crippen LogP contribution is -2.54. The topological polar surface area (TPSA) is 157 Å². The maximum absolute atomic E-state index is 12.8. The van der Waals surface area contributed by atoms with Gasteiger partial charge in [0.25, 0.3) is 0 Å². The summed E-state index contributed by atoms with van der Waals surface area (Å²) in [6, 6.07) is 5.91. The van der Waals surface area contributed by atoms with Crippen LogP contribution in [0.1, 0.15) is 38.2 Å². The minimum absolute atomic E-state index is 0.124. The van der Waals surface area contributed by atoms with Crippen LogP contribution in [-0.2, 0) is 30.4 Å². The van der Waals surface area contributed by atoms with Crippen molar-refractivity contribution in [2.45, 2.75) is 63.2 Å². The molecule has 0 aliphatic carbocycles. The van der Waals surface area contributed by atoms with Gasteiger partial charge in [-0.15, -0.1) is 0 Å². The summed E-state index contributed by atoms with van der Waals surface area (Å²) in [6.07, 6.45) is 2.74. The standard InChI is InChI=1S/C24H33N5O6/c1-15(27-22(32)17-9-5-11-25-17)21(31)26-14-20(30)29-12-6-10-19(29)23(33)28-18(24(34)35)13-16-7-3-2-4-8-16/h2-4,7-8,15,17-19,25H,5-6,9-14H2,1H3,(H,26,31)(H,27,32)(H,28,33)(H,34,35)/t15-,17-,18-,19-/m0/s1. The zero-order valence-electron chi connectivity index (χ0n) is 19.8. The number of carbonyl (C=O) groups excluding carboxylic acids is 4. The third kappa shape index (κ3) is 7.25. The first-order chi connectivity index (χ1) is 16.8. The number of hydrogen-bond donors (Lipinski definition) is 5. The van der Waals surface area contributed by atoms with Crippen LogP contribution in [0.15, 0.2) is 30.3 Å². The van der Waals surface area contributed by atoms with E-state index in [1.54, 1.807) is 24.3 Å². The molecule has 35 heavy (non-hydrogen) atoms. The summed E-state index contributed by atoms with van der Waals surface area (Å²) in [5.41, 5.74) is 0.771. The van der Waals surface area contributed by atoms with Crippen LogP contribution in [0.4, 0.5) is 0 Å². The molecule has 0 bridgehead atoms. The number of aliphatic carboxylic acids is 1. The fraction of sp³-hybridized carbons (Fsp3) is 0.542. The summed E-state index contributed by atoms with van der Waals surface area (Å²) < 4.78 is 0. The Bertz CT molecular complexity index is 934. The van der Waals surface area contributed by atoms with E-state index in [0.29, 0.717) is 25.8 Å². The predicted octanol–water partition coefficient (Wildman–Crippen LogP) is -0.838. The second kappa shape index (κ2) is 12.3. The van der Waals surface area contributed by atoms with Crippen molar-refractivity contribution in [2.24, 2.45) is 0 Å². The Morgan fingerprint density at radius 1 is 1.06 bits per heavy atom. The highest BCUT2D eigenvalue weighted by Gasteiger charge is 2.36. The number of benzene rings is 1. The van der Waals surface area contributed by atoms with Crippen molar-refractivity contribution in [1.82, 2.24) is 26.2 Å². The maximum Gasteiger partial charge on any atom is 0.326 e. The number of amides is 4. The van der Waals surface area contributed by atoms with Crippen molar-refractivity contribution in [3.63, 3.8) is 0 Å². The van der Waals surface area contributed by atoms with Gasteiger partial charge >= 0.3 is 5.97 Å². The molecule has 2 aliphatic heterocycles. The molecule has 0 spiro atoms. The SMILES string of the molecule is C[C@H](NC(=O)[C@@H]1CCCN1)C(=O)NCC(=O)N1CCC[C@H]1C(=O)N[C@@H](Cc1ccccc1)C(=O)O. The molecule has 0 aromatic heterocycles. The number of nitrogens with zero attached hydrogens (tertiary/aromatic N) is 1. The van der Waals surface area contributed by atoms with Gasteiger partial charge in [-0.25, -0.2) is 4.79 Å². The molecule has 11 nitrogen and oxygen atoms in total. The van der Waals surface area contributed by atoms with E-state index in [4.69, 9.17) is 0 Å². The Balaban J connectivity index is 1.49. The first kappa shape index (κ1) is 26.1. The number of carboxylic acid groups (broad SMARTS) is 1. The first-order valence-electron chi connectivity index (χ1n) is 11.9. The quantitative estimate of drug-likeness (QED) is 0.288. The normalized spacial score (nSPS) is 21.1. The van der Waals surface area contributed by atoms with E-state index in [9.17, 15) is 29.1 Å². The summed E-state index contributed by atoms with van der Waals surface area (Å²) in [7, 11) is 0. The third-order valence-corrected chi connectivity index (χ3v) is 6.32. The molecule has 0 radical (unpaired) electrons. The second-order valence-corrected chi connectivity index (χ2v) is 8.93. The monoisotopic (exact) mass is 487 g/mol. The predicted molar refractivity (Wildman–Crippen MR) is 126 cm³/mol. The van der Waals surface area contributed by atoms with Crippen LogP contribution in [0, 0.1) is 0 Å². The number of hydrogen-bond acceptors (Lipinski definition) is 6. The van der Waals surface area contributed by atoms with Crippen molar-refractivity contribution in [2.75, 3.05) is 19.6 Å². The highest BCUT2D eigenvalue weighted by atomic mass is 16.4. The molecule has 2 heterocycles. The Hall–Kier alpha value is -3.47. The Labute approximate surface area is 204 Å². The number of carbonyl (C=O) groups is 5. The van der Waals surface area contributed by atoms with E-state index in [-0.39, 0.29) is 24.9 Å². The Morgan fingerprint density at radius 3 is 2.46 bits per heavy atom. The smallest absolute Gasteiger partial charge is 0.326 e. The van der Waals surface area contributed by atoms with E-state index in [1.807, 2.05) is 6.07 Å². The zero-order chi connectivity index (χ0) is 25.4. The van der Waals surface area contributed by atoms with Gasteiger partial charge in [0.15, 0.2) is 0 Å². The van der Waals surface area contributed by atoms with Crippen LogP contribution in [0.2, 0.25) is 0 Å². The zero-order valence-corrected chi connectivity index (χ0v) is 19.8. The Kier molecular flexibility index (Phi) is 9.18. The molecule has 2 saturated heterocycles. The lowest BCUT2D eigenvalue weighted by molar-refractivity contribution is -0.144. The fourth-order valence-corrected chi connectivity index (χ4v) is 4.36. The van der Waals surface area contributed by atoms with E-state index < -0.39 is 41.8 Å². The lowest BCUT2D eigenvalue weighted by Gasteiger charge is -2.26. The van der Waals surface area contributed by atoms with Gasteiger partial charge in [-0.2, -0.15) is 0 Å². The Morgan fingerprint density at radius 2 is 1.80 bits per heavy atom. The fourth-order valence-electron chi connectivity index (χ4n) is 4.36. The van der Waals surface area contributed by atoms with Gasteiger partial charge in [-0.3, -0.25) is 19.2 Å². The average molecular weight is 488 g/mol. The molecule has 190 valence electrons. The van der Waals surface area contributed by atoms with Gasteiger partial charge < -0.3 is 31.3 Å². The molecule has 2 fully saturated rings. The summed E-state index contributed by atoms with van der Waals surface area (Å²) in [4.78, 5) is 63.2. The number of nitrogens with one attached hydrogen (secondary N) is 4. The van der Waals surface area contributed by atoms with Crippen molar-refractivity contribution in [3.8, 4) is 0 Å². The molecule has 3 rings (SSSR count).